The van der Waals surface area contributed by atoms with Gasteiger partial charge >= 0.3 is 0 Å². The fourth-order valence-corrected chi connectivity index (χ4v) is 3.61. The fourth-order valence-electron chi connectivity index (χ4n) is 3.61. The summed E-state index contributed by atoms with van der Waals surface area (Å²) in [4.78, 5) is 23.5. The molecule has 2 amide bonds. The van der Waals surface area contributed by atoms with Crippen molar-refractivity contribution in [2.24, 2.45) is 23.2 Å². The highest BCUT2D eigenvalue weighted by Gasteiger charge is 2.48. The fraction of sp³-hybridized carbons (Fsp3) is 0.857. The van der Waals surface area contributed by atoms with Gasteiger partial charge in [0.05, 0.1) is 0 Å². The largest absolute Gasteiger partial charge is 0.296 e. The third kappa shape index (κ3) is 2.24. The molecule has 1 saturated carbocycles. The Morgan fingerprint density at radius 1 is 1.35 bits per heavy atom. The van der Waals surface area contributed by atoms with Crippen molar-refractivity contribution >= 4 is 11.8 Å². The average molecular weight is 237 g/mol. The second-order valence-electron chi connectivity index (χ2n) is 6.27. The molecule has 2 fully saturated rings. The summed E-state index contributed by atoms with van der Waals surface area (Å²) in [5.41, 5.74) is -0.0490. The standard InChI is InChI=1S/C14H23NO2/c1-9(2)11-5-4-6-14(7-11)8-12(16)15-13(17)10(14)3/h9-11H,4-8H2,1-3H3,(H,15,16,17). The highest BCUT2D eigenvalue weighted by Crippen LogP contribution is 2.50. The summed E-state index contributed by atoms with van der Waals surface area (Å²) < 4.78 is 0. The van der Waals surface area contributed by atoms with E-state index in [1.807, 2.05) is 6.92 Å². The van der Waals surface area contributed by atoms with Crippen molar-refractivity contribution in [2.75, 3.05) is 0 Å². The second kappa shape index (κ2) is 4.43. The number of nitrogens with one attached hydrogen (secondary N) is 1. The molecule has 0 bridgehead atoms. The zero-order valence-corrected chi connectivity index (χ0v) is 11.1. The van der Waals surface area contributed by atoms with E-state index >= 15 is 0 Å². The zero-order chi connectivity index (χ0) is 12.6. The summed E-state index contributed by atoms with van der Waals surface area (Å²) in [6.07, 6.45) is 5.04. The monoisotopic (exact) mass is 237 g/mol. The Morgan fingerprint density at radius 3 is 2.71 bits per heavy atom. The molecule has 3 unspecified atom stereocenters. The van der Waals surface area contributed by atoms with E-state index in [0.717, 1.165) is 19.3 Å². The minimum absolute atomic E-state index is 0.0123. The lowest BCUT2D eigenvalue weighted by molar-refractivity contribution is -0.145. The lowest BCUT2D eigenvalue weighted by Gasteiger charge is -2.47. The number of carbonyl (C=O) groups excluding carboxylic acids is 2. The highest BCUT2D eigenvalue weighted by atomic mass is 16.2. The minimum Gasteiger partial charge on any atom is -0.296 e. The van der Waals surface area contributed by atoms with Gasteiger partial charge in [-0.2, -0.15) is 0 Å². The van der Waals surface area contributed by atoms with Gasteiger partial charge in [0.15, 0.2) is 0 Å². The van der Waals surface area contributed by atoms with E-state index in [-0.39, 0.29) is 23.1 Å². The second-order valence-corrected chi connectivity index (χ2v) is 6.27. The topological polar surface area (TPSA) is 46.2 Å². The first kappa shape index (κ1) is 12.6. The molecule has 3 heteroatoms. The van der Waals surface area contributed by atoms with Crippen LogP contribution in [-0.2, 0) is 9.59 Å². The number of hydrogen-bond donors (Lipinski definition) is 1. The maximum absolute atomic E-state index is 11.8. The molecule has 1 spiro atoms. The van der Waals surface area contributed by atoms with Crippen LogP contribution in [0.5, 0.6) is 0 Å². The van der Waals surface area contributed by atoms with E-state index in [9.17, 15) is 9.59 Å². The molecule has 1 saturated heterocycles. The van der Waals surface area contributed by atoms with Crippen LogP contribution in [0, 0.1) is 23.2 Å². The molecule has 0 aromatic rings. The Balaban J connectivity index is 2.21. The Labute approximate surface area is 103 Å². The molecular formula is C14H23NO2. The quantitative estimate of drug-likeness (QED) is 0.712. The average Bonchev–Trinajstić information content (AvgIpc) is 2.26. The molecule has 0 aromatic heterocycles. The van der Waals surface area contributed by atoms with Crippen LogP contribution in [0.15, 0.2) is 0 Å². The van der Waals surface area contributed by atoms with E-state index < -0.39 is 0 Å². The van der Waals surface area contributed by atoms with Crippen molar-refractivity contribution < 1.29 is 9.59 Å². The normalized spacial score (nSPS) is 38.6. The number of rotatable bonds is 1. The van der Waals surface area contributed by atoms with Crippen molar-refractivity contribution in [1.82, 2.24) is 5.32 Å². The van der Waals surface area contributed by atoms with Crippen LogP contribution in [0.1, 0.15) is 52.9 Å². The van der Waals surface area contributed by atoms with E-state index in [2.05, 4.69) is 19.2 Å². The molecule has 1 N–H and O–H groups in total. The summed E-state index contributed by atoms with van der Waals surface area (Å²) in [5.74, 6) is 1.18. The van der Waals surface area contributed by atoms with Crippen molar-refractivity contribution in [3.05, 3.63) is 0 Å². The van der Waals surface area contributed by atoms with Crippen LogP contribution in [0.3, 0.4) is 0 Å². The number of carbonyl (C=O) groups is 2. The van der Waals surface area contributed by atoms with Crippen LogP contribution in [0.25, 0.3) is 0 Å². The van der Waals surface area contributed by atoms with Gasteiger partial charge in [-0.3, -0.25) is 14.9 Å². The van der Waals surface area contributed by atoms with E-state index in [1.165, 1.54) is 6.42 Å². The molecule has 3 atom stereocenters. The highest BCUT2D eigenvalue weighted by molar-refractivity contribution is 5.99. The zero-order valence-electron chi connectivity index (χ0n) is 11.1. The molecule has 2 rings (SSSR count). The van der Waals surface area contributed by atoms with Gasteiger partial charge in [0.1, 0.15) is 0 Å². The first-order chi connectivity index (χ1) is 7.94. The van der Waals surface area contributed by atoms with Crippen LogP contribution < -0.4 is 5.32 Å². The van der Waals surface area contributed by atoms with Gasteiger partial charge in [0.25, 0.3) is 0 Å². The van der Waals surface area contributed by atoms with Gasteiger partial charge in [-0.15, -0.1) is 0 Å². The van der Waals surface area contributed by atoms with Gasteiger partial charge in [0, 0.05) is 12.3 Å². The maximum atomic E-state index is 11.8. The van der Waals surface area contributed by atoms with Crippen molar-refractivity contribution in [1.29, 1.82) is 0 Å². The lowest BCUT2D eigenvalue weighted by Crippen LogP contribution is -2.52. The first-order valence-corrected chi connectivity index (χ1v) is 6.78. The Kier molecular flexibility index (Phi) is 3.28. The Morgan fingerprint density at radius 2 is 2.06 bits per heavy atom. The number of amides is 2. The van der Waals surface area contributed by atoms with E-state index in [0.29, 0.717) is 18.3 Å². The summed E-state index contributed by atoms with van der Waals surface area (Å²) in [6, 6.07) is 0. The molecule has 0 radical (unpaired) electrons. The summed E-state index contributed by atoms with van der Waals surface area (Å²) in [5, 5.41) is 2.47. The third-order valence-corrected chi connectivity index (χ3v) is 4.95. The van der Waals surface area contributed by atoms with Crippen molar-refractivity contribution in [3.63, 3.8) is 0 Å². The van der Waals surface area contributed by atoms with Crippen molar-refractivity contribution in [2.45, 2.75) is 52.9 Å². The van der Waals surface area contributed by atoms with Crippen LogP contribution in [-0.4, -0.2) is 11.8 Å². The SMILES string of the molecule is CC(C)C1CCCC2(CC(=O)NC(=O)C2C)C1. The summed E-state index contributed by atoms with van der Waals surface area (Å²) >= 11 is 0. The van der Waals surface area contributed by atoms with Gasteiger partial charge < -0.3 is 0 Å². The molecule has 2 aliphatic rings. The molecule has 3 nitrogen and oxygen atoms in total. The molecular weight excluding hydrogens is 214 g/mol. The van der Waals surface area contributed by atoms with Gasteiger partial charge in [0.2, 0.25) is 11.8 Å². The predicted octanol–water partition coefficient (Wildman–Crippen LogP) is 2.50. The Bertz CT molecular complexity index is 337. The molecule has 17 heavy (non-hydrogen) atoms. The van der Waals surface area contributed by atoms with Crippen molar-refractivity contribution in [3.8, 4) is 0 Å². The number of piperidine rings is 1. The number of imide groups is 1. The van der Waals surface area contributed by atoms with E-state index in [1.54, 1.807) is 0 Å². The number of hydrogen-bond acceptors (Lipinski definition) is 2. The van der Waals surface area contributed by atoms with Gasteiger partial charge in [-0.1, -0.05) is 33.6 Å². The molecule has 0 aromatic carbocycles. The minimum atomic E-state index is -0.0718. The molecule has 1 aliphatic carbocycles. The Hall–Kier alpha value is -0.860. The van der Waals surface area contributed by atoms with Gasteiger partial charge in [-0.25, -0.2) is 0 Å². The molecule has 1 heterocycles. The van der Waals surface area contributed by atoms with Crippen LogP contribution in [0.4, 0.5) is 0 Å². The lowest BCUT2D eigenvalue weighted by atomic mass is 9.58. The summed E-state index contributed by atoms with van der Waals surface area (Å²) in [7, 11) is 0. The first-order valence-electron chi connectivity index (χ1n) is 6.78. The van der Waals surface area contributed by atoms with Crippen LogP contribution in [0.2, 0.25) is 0 Å². The molecule has 1 aliphatic heterocycles. The summed E-state index contributed by atoms with van der Waals surface area (Å²) in [6.45, 7) is 6.49. The molecule has 96 valence electrons. The predicted molar refractivity (Wildman–Crippen MR) is 66.2 cm³/mol. The third-order valence-electron chi connectivity index (χ3n) is 4.95. The smallest absolute Gasteiger partial charge is 0.229 e. The van der Waals surface area contributed by atoms with Crippen LogP contribution >= 0.6 is 0 Å². The van der Waals surface area contributed by atoms with Gasteiger partial charge in [-0.05, 0) is 30.1 Å². The van der Waals surface area contributed by atoms with E-state index in [4.69, 9.17) is 0 Å². The maximum Gasteiger partial charge on any atom is 0.229 e.